The van der Waals surface area contributed by atoms with Gasteiger partial charge in [-0.2, -0.15) is 0 Å². The standard InChI is InChI=1S/C21H21NO3S/c1-12-6-7-17-18(10-12)26(23,24)19-11-16(5)25-21(19)22(17)20-14(3)8-13(2)9-15(20)4/h6-11H,1-5H3. The van der Waals surface area contributed by atoms with E-state index in [1.165, 1.54) is 5.56 Å². The predicted molar refractivity (Wildman–Crippen MR) is 103 cm³/mol. The Labute approximate surface area is 154 Å². The molecule has 0 spiro atoms. The Morgan fingerprint density at radius 1 is 0.808 bits per heavy atom. The van der Waals surface area contributed by atoms with Crippen LogP contribution in [0.2, 0.25) is 0 Å². The van der Waals surface area contributed by atoms with Crippen molar-refractivity contribution in [2.75, 3.05) is 4.90 Å². The Bertz CT molecular complexity index is 1130. The molecule has 3 aromatic rings. The maximum absolute atomic E-state index is 13.2. The summed E-state index contributed by atoms with van der Waals surface area (Å²) in [6, 6.07) is 11.4. The summed E-state index contributed by atoms with van der Waals surface area (Å²) in [5.74, 6) is 0.949. The molecule has 4 rings (SSSR count). The Hall–Kier alpha value is -2.53. The molecule has 0 aliphatic carbocycles. The molecule has 0 fully saturated rings. The third-order valence-corrected chi connectivity index (χ3v) is 6.58. The van der Waals surface area contributed by atoms with E-state index in [0.717, 1.165) is 22.4 Å². The summed E-state index contributed by atoms with van der Waals surface area (Å²) >= 11 is 0. The van der Waals surface area contributed by atoms with Gasteiger partial charge in [0.15, 0.2) is 0 Å². The SMILES string of the molecule is Cc1cc(C)c(N2c3ccc(C)cc3S(=O)(=O)c3cc(C)oc32)c(C)c1. The predicted octanol–water partition coefficient (Wildman–Crippen LogP) is 5.44. The molecule has 0 bridgehead atoms. The smallest absolute Gasteiger partial charge is 0.223 e. The monoisotopic (exact) mass is 367 g/mol. The summed E-state index contributed by atoms with van der Waals surface area (Å²) in [4.78, 5) is 2.50. The number of nitrogens with zero attached hydrogens (tertiary/aromatic N) is 1. The zero-order valence-electron chi connectivity index (χ0n) is 15.5. The molecule has 0 unspecified atom stereocenters. The lowest BCUT2D eigenvalue weighted by Crippen LogP contribution is -2.22. The highest BCUT2D eigenvalue weighted by atomic mass is 32.2. The largest absolute Gasteiger partial charge is 0.444 e. The number of aryl methyl sites for hydroxylation is 5. The van der Waals surface area contributed by atoms with Crippen molar-refractivity contribution in [1.82, 2.24) is 0 Å². The van der Waals surface area contributed by atoms with E-state index in [2.05, 4.69) is 19.1 Å². The van der Waals surface area contributed by atoms with Crippen LogP contribution in [0.5, 0.6) is 0 Å². The first-order valence-corrected chi connectivity index (χ1v) is 10.0. The number of fused-ring (bicyclic) bond motifs is 2. The van der Waals surface area contributed by atoms with Crippen LogP contribution in [0.25, 0.3) is 0 Å². The van der Waals surface area contributed by atoms with Crippen molar-refractivity contribution in [3.63, 3.8) is 0 Å². The molecule has 134 valence electrons. The molecule has 2 heterocycles. The van der Waals surface area contributed by atoms with Gasteiger partial charge in [0.1, 0.15) is 10.7 Å². The second kappa shape index (κ2) is 5.48. The molecule has 0 amide bonds. The molecule has 1 aliphatic rings. The summed E-state index contributed by atoms with van der Waals surface area (Å²) < 4.78 is 32.2. The van der Waals surface area contributed by atoms with Gasteiger partial charge >= 0.3 is 0 Å². The van der Waals surface area contributed by atoms with E-state index in [4.69, 9.17) is 4.42 Å². The quantitative estimate of drug-likeness (QED) is 0.450. The van der Waals surface area contributed by atoms with E-state index < -0.39 is 9.84 Å². The Morgan fingerprint density at radius 3 is 2.12 bits per heavy atom. The second-order valence-corrected chi connectivity index (χ2v) is 8.97. The zero-order chi connectivity index (χ0) is 18.8. The highest BCUT2D eigenvalue weighted by Crippen LogP contribution is 2.50. The van der Waals surface area contributed by atoms with E-state index in [-0.39, 0.29) is 4.90 Å². The van der Waals surface area contributed by atoms with E-state index >= 15 is 0 Å². The van der Waals surface area contributed by atoms with Crippen LogP contribution in [0.4, 0.5) is 17.3 Å². The number of sulfone groups is 1. The summed E-state index contributed by atoms with van der Waals surface area (Å²) in [6.45, 7) is 9.82. The average molecular weight is 367 g/mol. The van der Waals surface area contributed by atoms with Crippen molar-refractivity contribution in [3.8, 4) is 0 Å². The van der Waals surface area contributed by atoms with Crippen LogP contribution in [0.15, 0.2) is 50.6 Å². The van der Waals surface area contributed by atoms with Gasteiger partial charge in [-0.3, -0.25) is 4.90 Å². The lowest BCUT2D eigenvalue weighted by molar-refractivity contribution is 0.532. The van der Waals surface area contributed by atoms with Gasteiger partial charge < -0.3 is 4.42 Å². The van der Waals surface area contributed by atoms with Gasteiger partial charge in [-0.05, 0) is 63.4 Å². The maximum atomic E-state index is 13.2. The average Bonchev–Trinajstić information content (AvgIpc) is 2.93. The van der Waals surface area contributed by atoms with Gasteiger partial charge in [0.25, 0.3) is 0 Å². The van der Waals surface area contributed by atoms with Crippen LogP contribution in [-0.4, -0.2) is 8.42 Å². The summed E-state index contributed by atoms with van der Waals surface area (Å²) in [5, 5.41) is 0. The molecule has 26 heavy (non-hydrogen) atoms. The minimum absolute atomic E-state index is 0.229. The molecule has 0 atom stereocenters. The zero-order valence-corrected chi connectivity index (χ0v) is 16.4. The van der Waals surface area contributed by atoms with Crippen LogP contribution >= 0.6 is 0 Å². The normalized spacial score (nSPS) is 14.9. The lowest BCUT2D eigenvalue weighted by Gasteiger charge is -2.32. The molecule has 1 aromatic heterocycles. The summed E-state index contributed by atoms with van der Waals surface area (Å²) in [5.41, 5.74) is 5.84. The van der Waals surface area contributed by atoms with Crippen molar-refractivity contribution in [1.29, 1.82) is 0 Å². The molecule has 0 saturated heterocycles. The minimum Gasteiger partial charge on any atom is -0.444 e. The van der Waals surface area contributed by atoms with Gasteiger partial charge in [-0.15, -0.1) is 0 Å². The van der Waals surface area contributed by atoms with E-state index in [1.54, 1.807) is 19.1 Å². The van der Waals surface area contributed by atoms with Crippen LogP contribution in [0.3, 0.4) is 0 Å². The van der Waals surface area contributed by atoms with Crippen molar-refractivity contribution in [2.45, 2.75) is 44.4 Å². The van der Waals surface area contributed by atoms with Crippen LogP contribution in [0.1, 0.15) is 28.0 Å². The summed E-state index contributed by atoms with van der Waals surface area (Å²) in [7, 11) is -3.61. The van der Waals surface area contributed by atoms with Crippen molar-refractivity contribution in [3.05, 3.63) is 64.4 Å². The number of benzene rings is 2. The molecular weight excluding hydrogens is 346 g/mol. The van der Waals surface area contributed by atoms with Crippen molar-refractivity contribution in [2.24, 2.45) is 0 Å². The number of rotatable bonds is 1. The highest BCUT2D eigenvalue weighted by Gasteiger charge is 2.39. The topological polar surface area (TPSA) is 50.5 Å². The van der Waals surface area contributed by atoms with Crippen molar-refractivity contribution >= 4 is 27.1 Å². The summed E-state index contributed by atoms with van der Waals surface area (Å²) in [6.07, 6.45) is 0. The van der Waals surface area contributed by atoms with Gasteiger partial charge in [0, 0.05) is 6.07 Å². The Balaban J connectivity index is 2.13. The number of hydrogen-bond donors (Lipinski definition) is 0. The fourth-order valence-electron chi connectivity index (χ4n) is 3.82. The van der Waals surface area contributed by atoms with Crippen LogP contribution in [-0.2, 0) is 9.84 Å². The lowest BCUT2D eigenvalue weighted by atomic mass is 10.0. The molecule has 1 aliphatic heterocycles. The molecule has 0 saturated carbocycles. The first kappa shape index (κ1) is 16.9. The molecule has 4 nitrogen and oxygen atoms in total. The molecule has 5 heteroatoms. The van der Waals surface area contributed by atoms with Crippen LogP contribution < -0.4 is 4.90 Å². The first-order chi connectivity index (χ1) is 12.2. The highest BCUT2D eigenvalue weighted by molar-refractivity contribution is 7.92. The van der Waals surface area contributed by atoms with E-state index in [1.807, 2.05) is 37.8 Å². The first-order valence-electron chi connectivity index (χ1n) is 8.54. The third-order valence-electron chi connectivity index (χ3n) is 4.80. The molecule has 2 aromatic carbocycles. The fraction of sp³-hybridized carbons (Fsp3) is 0.238. The minimum atomic E-state index is -3.61. The third kappa shape index (κ3) is 2.31. The Morgan fingerprint density at radius 2 is 1.46 bits per heavy atom. The second-order valence-electron chi connectivity index (χ2n) is 7.08. The van der Waals surface area contributed by atoms with E-state index in [0.29, 0.717) is 22.2 Å². The van der Waals surface area contributed by atoms with Gasteiger partial charge in [0.05, 0.1) is 16.3 Å². The molecule has 0 radical (unpaired) electrons. The number of hydrogen-bond acceptors (Lipinski definition) is 4. The van der Waals surface area contributed by atoms with E-state index in [9.17, 15) is 8.42 Å². The number of furan rings is 1. The molecule has 0 N–H and O–H groups in total. The fourth-order valence-corrected chi connectivity index (χ4v) is 5.52. The van der Waals surface area contributed by atoms with Gasteiger partial charge in [0.2, 0.25) is 15.7 Å². The van der Waals surface area contributed by atoms with Crippen molar-refractivity contribution < 1.29 is 12.8 Å². The number of anilines is 3. The Kier molecular flexibility index (Phi) is 3.57. The van der Waals surface area contributed by atoms with Gasteiger partial charge in [-0.1, -0.05) is 23.8 Å². The molecular formula is C21H21NO3S. The maximum Gasteiger partial charge on any atom is 0.223 e. The van der Waals surface area contributed by atoms with Crippen LogP contribution in [0, 0.1) is 34.6 Å². The van der Waals surface area contributed by atoms with Gasteiger partial charge in [-0.25, -0.2) is 8.42 Å².